The largest absolute Gasteiger partial charge is 0.381 e. The number of ether oxygens (including phenoxy) is 1. The Labute approximate surface area is 110 Å². The van der Waals surface area contributed by atoms with E-state index in [4.69, 9.17) is 24.3 Å². The van der Waals surface area contributed by atoms with Crippen LogP contribution in [0.5, 0.6) is 0 Å². The first-order chi connectivity index (χ1) is 8.12. The molecule has 0 aliphatic carbocycles. The van der Waals surface area contributed by atoms with E-state index in [1.807, 2.05) is 41.5 Å². The van der Waals surface area contributed by atoms with Crippen LogP contribution in [0, 0.1) is 0 Å². The molecule has 0 amide bonds. The summed E-state index contributed by atoms with van der Waals surface area (Å²) in [4.78, 5) is 21.8. The Balaban J connectivity index is 2.57. The van der Waals surface area contributed by atoms with Crippen molar-refractivity contribution >= 4 is 0 Å². The second-order valence-corrected chi connectivity index (χ2v) is 6.58. The highest BCUT2D eigenvalue weighted by atomic mass is 17.3. The van der Waals surface area contributed by atoms with E-state index in [2.05, 4.69) is 0 Å². The predicted octanol–water partition coefficient (Wildman–Crippen LogP) is 2.99. The topological polar surface area (TPSA) is 46.2 Å². The molecule has 5 heteroatoms. The first-order valence-corrected chi connectivity index (χ1v) is 6.43. The zero-order valence-corrected chi connectivity index (χ0v) is 12.4. The normalized spacial score (nSPS) is 21.0. The summed E-state index contributed by atoms with van der Waals surface area (Å²) < 4.78 is 5.32. The predicted molar refractivity (Wildman–Crippen MR) is 66.6 cm³/mol. The Morgan fingerprint density at radius 1 is 0.778 bits per heavy atom. The highest BCUT2D eigenvalue weighted by Crippen LogP contribution is 2.30. The lowest BCUT2D eigenvalue weighted by atomic mass is 10.1. The summed E-state index contributed by atoms with van der Waals surface area (Å²) in [6.45, 7) is 12.7. The van der Waals surface area contributed by atoms with E-state index in [0.717, 1.165) is 0 Å². The monoisotopic (exact) mass is 262 g/mol. The minimum atomic E-state index is -0.876. The molecule has 1 fully saturated rings. The van der Waals surface area contributed by atoms with Crippen LogP contribution < -0.4 is 0 Å². The van der Waals surface area contributed by atoms with Gasteiger partial charge in [-0.3, -0.25) is 0 Å². The maximum atomic E-state index is 5.50. The standard InChI is InChI=1S/C13H26O5/c1-11(2,3)15-17-13(7-9-14-10-8-13)18-16-12(4,5)6/h7-10H2,1-6H3. The van der Waals surface area contributed by atoms with Gasteiger partial charge in [-0.25, -0.2) is 9.78 Å². The van der Waals surface area contributed by atoms with E-state index in [0.29, 0.717) is 26.1 Å². The zero-order chi connectivity index (χ0) is 13.9. The third kappa shape index (κ3) is 6.11. The first-order valence-electron chi connectivity index (χ1n) is 6.43. The van der Waals surface area contributed by atoms with Gasteiger partial charge in [0.05, 0.1) is 24.4 Å². The molecule has 1 saturated heterocycles. The molecule has 1 heterocycles. The summed E-state index contributed by atoms with van der Waals surface area (Å²) in [6, 6.07) is 0. The zero-order valence-electron chi connectivity index (χ0n) is 12.4. The van der Waals surface area contributed by atoms with Crippen LogP contribution in [-0.2, 0) is 24.3 Å². The fraction of sp³-hybridized carbons (Fsp3) is 1.00. The van der Waals surface area contributed by atoms with Crippen molar-refractivity contribution in [2.75, 3.05) is 13.2 Å². The molecule has 0 N–H and O–H groups in total. The van der Waals surface area contributed by atoms with Crippen molar-refractivity contribution < 1.29 is 24.3 Å². The van der Waals surface area contributed by atoms with Gasteiger partial charge in [0.1, 0.15) is 0 Å². The molecule has 0 aromatic heterocycles. The molecular weight excluding hydrogens is 236 g/mol. The van der Waals surface area contributed by atoms with Gasteiger partial charge in [-0.05, 0) is 41.5 Å². The van der Waals surface area contributed by atoms with E-state index in [1.54, 1.807) is 0 Å². The molecule has 1 aliphatic heterocycles. The summed E-state index contributed by atoms with van der Waals surface area (Å²) in [6.07, 6.45) is 1.17. The highest BCUT2D eigenvalue weighted by molar-refractivity contribution is 4.72. The maximum absolute atomic E-state index is 5.50. The quantitative estimate of drug-likeness (QED) is 0.443. The molecule has 18 heavy (non-hydrogen) atoms. The molecule has 0 spiro atoms. The SMILES string of the molecule is CC(C)(C)OOC1(OOC(C)(C)C)CCOCC1. The molecular formula is C13H26O5. The lowest BCUT2D eigenvalue weighted by Crippen LogP contribution is -2.45. The average molecular weight is 262 g/mol. The minimum absolute atomic E-state index is 0.392. The molecule has 0 atom stereocenters. The minimum Gasteiger partial charge on any atom is -0.381 e. The van der Waals surface area contributed by atoms with Crippen LogP contribution in [0.25, 0.3) is 0 Å². The molecule has 1 rings (SSSR count). The van der Waals surface area contributed by atoms with Crippen molar-refractivity contribution in [1.29, 1.82) is 0 Å². The summed E-state index contributed by atoms with van der Waals surface area (Å²) in [5, 5.41) is 0. The van der Waals surface area contributed by atoms with E-state index < -0.39 is 17.0 Å². The molecule has 1 aliphatic rings. The summed E-state index contributed by atoms with van der Waals surface area (Å²) in [7, 11) is 0. The number of hydrogen-bond donors (Lipinski definition) is 0. The van der Waals surface area contributed by atoms with Crippen LogP contribution in [0.1, 0.15) is 54.4 Å². The van der Waals surface area contributed by atoms with E-state index in [-0.39, 0.29) is 0 Å². The van der Waals surface area contributed by atoms with Gasteiger partial charge in [0.2, 0.25) is 5.79 Å². The summed E-state index contributed by atoms with van der Waals surface area (Å²) >= 11 is 0. The Morgan fingerprint density at radius 3 is 1.50 bits per heavy atom. The number of rotatable bonds is 4. The fourth-order valence-electron chi connectivity index (χ4n) is 1.26. The van der Waals surface area contributed by atoms with E-state index in [1.165, 1.54) is 0 Å². The second-order valence-electron chi connectivity index (χ2n) is 6.58. The molecule has 0 radical (unpaired) electrons. The Morgan fingerprint density at radius 2 is 1.17 bits per heavy atom. The van der Waals surface area contributed by atoms with Crippen LogP contribution in [0.4, 0.5) is 0 Å². The first kappa shape index (κ1) is 15.9. The van der Waals surface area contributed by atoms with Crippen LogP contribution in [-0.4, -0.2) is 30.2 Å². The Kier molecular flexibility index (Phi) is 5.14. The molecule has 0 unspecified atom stereocenters. The average Bonchev–Trinajstić information content (AvgIpc) is 2.24. The van der Waals surface area contributed by atoms with Crippen molar-refractivity contribution in [3.8, 4) is 0 Å². The van der Waals surface area contributed by atoms with Crippen LogP contribution in [0.2, 0.25) is 0 Å². The van der Waals surface area contributed by atoms with Gasteiger partial charge in [-0.2, -0.15) is 9.78 Å². The maximum Gasteiger partial charge on any atom is 0.238 e. The molecule has 0 aromatic rings. The fourth-order valence-corrected chi connectivity index (χ4v) is 1.26. The third-order valence-electron chi connectivity index (χ3n) is 2.14. The van der Waals surface area contributed by atoms with Crippen LogP contribution in [0.3, 0.4) is 0 Å². The molecule has 0 bridgehead atoms. The molecule has 0 saturated carbocycles. The van der Waals surface area contributed by atoms with Crippen LogP contribution >= 0.6 is 0 Å². The van der Waals surface area contributed by atoms with Gasteiger partial charge in [-0.1, -0.05) is 0 Å². The Bertz CT molecular complexity index is 225. The smallest absolute Gasteiger partial charge is 0.238 e. The van der Waals surface area contributed by atoms with Gasteiger partial charge < -0.3 is 4.74 Å². The van der Waals surface area contributed by atoms with Gasteiger partial charge in [0.15, 0.2) is 0 Å². The summed E-state index contributed by atoms with van der Waals surface area (Å²) in [5.74, 6) is -0.876. The molecule has 0 aromatic carbocycles. The Hall–Kier alpha value is -0.200. The second kappa shape index (κ2) is 5.84. The van der Waals surface area contributed by atoms with Crippen molar-refractivity contribution in [3.63, 3.8) is 0 Å². The van der Waals surface area contributed by atoms with Gasteiger partial charge in [0.25, 0.3) is 0 Å². The highest BCUT2D eigenvalue weighted by Gasteiger charge is 2.40. The lowest BCUT2D eigenvalue weighted by Gasteiger charge is -2.37. The van der Waals surface area contributed by atoms with E-state index >= 15 is 0 Å². The molecule has 108 valence electrons. The van der Waals surface area contributed by atoms with Crippen molar-refractivity contribution in [2.45, 2.75) is 71.4 Å². The van der Waals surface area contributed by atoms with Crippen molar-refractivity contribution in [3.05, 3.63) is 0 Å². The van der Waals surface area contributed by atoms with Gasteiger partial charge in [-0.15, -0.1) is 0 Å². The third-order valence-corrected chi connectivity index (χ3v) is 2.14. The van der Waals surface area contributed by atoms with Gasteiger partial charge in [0, 0.05) is 12.8 Å². The summed E-state index contributed by atoms with van der Waals surface area (Å²) in [5.41, 5.74) is -0.785. The molecule has 5 nitrogen and oxygen atoms in total. The van der Waals surface area contributed by atoms with Crippen LogP contribution in [0.15, 0.2) is 0 Å². The number of hydrogen-bond acceptors (Lipinski definition) is 5. The van der Waals surface area contributed by atoms with Crippen molar-refractivity contribution in [2.24, 2.45) is 0 Å². The van der Waals surface area contributed by atoms with Gasteiger partial charge >= 0.3 is 0 Å². The lowest BCUT2D eigenvalue weighted by molar-refractivity contribution is -0.548. The van der Waals surface area contributed by atoms with Crippen molar-refractivity contribution in [1.82, 2.24) is 0 Å². The van der Waals surface area contributed by atoms with E-state index in [9.17, 15) is 0 Å².